The molecule has 1 aromatic rings. The molecule has 2 rings (SSSR count). The minimum absolute atomic E-state index is 0.297. The maximum absolute atomic E-state index is 11.2. The molecule has 1 aromatic heterocycles. The normalized spacial score (nSPS) is 16.5. The van der Waals surface area contributed by atoms with Crippen LogP contribution in [0, 0.1) is 12.8 Å². The van der Waals surface area contributed by atoms with E-state index in [1.807, 2.05) is 0 Å². The summed E-state index contributed by atoms with van der Waals surface area (Å²) in [5, 5.41) is 16.6. The minimum Gasteiger partial charge on any atom is -0.477 e. The second-order valence-corrected chi connectivity index (χ2v) is 5.46. The van der Waals surface area contributed by atoms with Crippen molar-refractivity contribution < 1.29 is 9.90 Å². The van der Waals surface area contributed by atoms with Gasteiger partial charge in [-0.05, 0) is 19.3 Å². The van der Waals surface area contributed by atoms with Crippen molar-refractivity contribution >= 4 is 11.8 Å². The molecule has 0 bridgehead atoms. The maximum atomic E-state index is 11.2. The van der Waals surface area contributed by atoms with E-state index in [1.54, 1.807) is 18.7 Å². The highest BCUT2D eigenvalue weighted by molar-refractivity contribution is 5.94. The number of rotatable bonds is 5. The Balaban J connectivity index is 1.93. The van der Waals surface area contributed by atoms with Crippen LogP contribution in [0.3, 0.4) is 0 Å². The number of aromatic carboxylic acids is 1. The standard InChI is InChI=1S/C14H23N3O2/c1-10-12(14(18)19)13(17(2)16-10)15-9-8-11-6-4-3-5-7-11/h11,15H,3-9H2,1-2H3,(H,18,19). The number of aryl methyl sites for hydroxylation is 2. The Morgan fingerprint density at radius 3 is 2.74 bits per heavy atom. The molecule has 2 N–H and O–H groups in total. The fraction of sp³-hybridized carbons (Fsp3) is 0.714. The number of nitrogens with zero attached hydrogens (tertiary/aromatic N) is 2. The topological polar surface area (TPSA) is 67.2 Å². The van der Waals surface area contributed by atoms with E-state index >= 15 is 0 Å². The van der Waals surface area contributed by atoms with Gasteiger partial charge in [-0.25, -0.2) is 4.79 Å². The molecule has 0 amide bonds. The SMILES string of the molecule is Cc1nn(C)c(NCCC2CCCCC2)c1C(=O)O. The van der Waals surface area contributed by atoms with Crippen molar-refractivity contribution in [2.45, 2.75) is 45.4 Å². The lowest BCUT2D eigenvalue weighted by Crippen LogP contribution is -2.15. The van der Waals surface area contributed by atoms with Gasteiger partial charge in [-0.1, -0.05) is 32.1 Å². The highest BCUT2D eigenvalue weighted by atomic mass is 16.4. The Labute approximate surface area is 114 Å². The van der Waals surface area contributed by atoms with Crippen LogP contribution < -0.4 is 5.32 Å². The maximum Gasteiger partial charge on any atom is 0.341 e. The molecule has 1 heterocycles. The van der Waals surface area contributed by atoms with E-state index < -0.39 is 5.97 Å². The van der Waals surface area contributed by atoms with Gasteiger partial charge in [-0.2, -0.15) is 5.10 Å². The third-order valence-electron chi connectivity index (χ3n) is 4.01. The molecule has 0 spiro atoms. The van der Waals surface area contributed by atoms with Crippen molar-refractivity contribution in [2.75, 3.05) is 11.9 Å². The van der Waals surface area contributed by atoms with Crippen LogP contribution in [0.5, 0.6) is 0 Å². The van der Waals surface area contributed by atoms with E-state index in [0.29, 0.717) is 17.1 Å². The highest BCUT2D eigenvalue weighted by Crippen LogP contribution is 2.26. The van der Waals surface area contributed by atoms with Crippen LogP contribution >= 0.6 is 0 Å². The molecule has 1 saturated carbocycles. The van der Waals surface area contributed by atoms with Crippen LogP contribution in [0.25, 0.3) is 0 Å². The predicted octanol–water partition coefficient (Wildman–Crippen LogP) is 2.81. The Kier molecular flexibility index (Phi) is 4.45. The summed E-state index contributed by atoms with van der Waals surface area (Å²) in [7, 11) is 1.78. The van der Waals surface area contributed by atoms with Crippen molar-refractivity contribution in [3.05, 3.63) is 11.3 Å². The molecule has 0 aliphatic heterocycles. The van der Waals surface area contributed by atoms with Gasteiger partial charge >= 0.3 is 5.97 Å². The summed E-state index contributed by atoms with van der Waals surface area (Å²) in [5.74, 6) is 0.510. The lowest BCUT2D eigenvalue weighted by atomic mass is 9.87. The van der Waals surface area contributed by atoms with Gasteiger partial charge < -0.3 is 10.4 Å². The quantitative estimate of drug-likeness (QED) is 0.859. The number of anilines is 1. The molecule has 0 aromatic carbocycles. The smallest absolute Gasteiger partial charge is 0.341 e. The zero-order valence-electron chi connectivity index (χ0n) is 11.8. The Bertz CT molecular complexity index is 448. The number of hydrogen-bond donors (Lipinski definition) is 2. The average molecular weight is 265 g/mol. The lowest BCUT2D eigenvalue weighted by molar-refractivity contribution is 0.0697. The highest BCUT2D eigenvalue weighted by Gasteiger charge is 2.20. The molecule has 5 heteroatoms. The molecule has 19 heavy (non-hydrogen) atoms. The minimum atomic E-state index is -0.911. The second-order valence-electron chi connectivity index (χ2n) is 5.46. The molecule has 0 atom stereocenters. The van der Waals surface area contributed by atoms with Crippen LogP contribution in [-0.2, 0) is 7.05 Å². The van der Waals surface area contributed by atoms with Gasteiger partial charge in [0, 0.05) is 13.6 Å². The first-order chi connectivity index (χ1) is 9.09. The van der Waals surface area contributed by atoms with Crippen molar-refractivity contribution in [3.8, 4) is 0 Å². The van der Waals surface area contributed by atoms with Crippen molar-refractivity contribution in [3.63, 3.8) is 0 Å². The summed E-state index contributed by atoms with van der Waals surface area (Å²) < 4.78 is 1.62. The molecular weight excluding hydrogens is 242 g/mol. The molecule has 0 unspecified atom stereocenters. The van der Waals surface area contributed by atoms with Gasteiger partial charge in [0.2, 0.25) is 0 Å². The number of hydrogen-bond acceptors (Lipinski definition) is 3. The lowest BCUT2D eigenvalue weighted by Gasteiger charge is -2.21. The summed E-state index contributed by atoms with van der Waals surface area (Å²) in [5.41, 5.74) is 0.862. The number of carboxylic acid groups (broad SMARTS) is 1. The van der Waals surface area contributed by atoms with Crippen LogP contribution in [0.4, 0.5) is 5.82 Å². The monoisotopic (exact) mass is 265 g/mol. The molecule has 106 valence electrons. The predicted molar refractivity (Wildman–Crippen MR) is 74.6 cm³/mol. The van der Waals surface area contributed by atoms with Crippen molar-refractivity contribution in [1.29, 1.82) is 0 Å². The Morgan fingerprint density at radius 2 is 2.11 bits per heavy atom. The first kappa shape index (κ1) is 13.9. The summed E-state index contributed by atoms with van der Waals surface area (Å²) in [6.07, 6.45) is 7.80. The van der Waals surface area contributed by atoms with Gasteiger partial charge in [-0.15, -0.1) is 0 Å². The molecular formula is C14H23N3O2. The number of carboxylic acids is 1. The molecule has 1 fully saturated rings. The van der Waals surface area contributed by atoms with E-state index in [1.165, 1.54) is 32.1 Å². The third kappa shape index (κ3) is 3.28. The van der Waals surface area contributed by atoms with Gasteiger partial charge in [0.15, 0.2) is 0 Å². The summed E-state index contributed by atoms with van der Waals surface area (Å²) in [6.45, 7) is 2.56. The van der Waals surface area contributed by atoms with E-state index in [-0.39, 0.29) is 0 Å². The molecule has 1 aliphatic rings. The van der Waals surface area contributed by atoms with E-state index in [0.717, 1.165) is 18.9 Å². The summed E-state index contributed by atoms with van der Waals surface area (Å²) in [6, 6.07) is 0. The summed E-state index contributed by atoms with van der Waals surface area (Å²) >= 11 is 0. The first-order valence-corrected chi connectivity index (χ1v) is 7.10. The van der Waals surface area contributed by atoms with Crippen LogP contribution in [0.15, 0.2) is 0 Å². The fourth-order valence-electron chi connectivity index (χ4n) is 2.99. The molecule has 0 saturated heterocycles. The van der Waals surface area contributed by atoms with Gasteiger partial charge in [0.25, 0.3) is 0 Å². The fourth-order valence-corrected chi connectivity index (χ4v) is 2.99. The number of nitrogens with one attached hydrogen (secondary N) is 1. The zero-order chi connectivity index (χ0) is 13.8. The zero-order valence-corrected chi connectivity index (χ0v) is 11.8. The van der Waals surface area contributed by atoms with Crippen molar-refractivity contribution in [2.24, 2.45) is 13.0 Å². The van der Waals surface area contributed by atoms with Crippen molar-refractivity contribution in [1.82, 2.24) is 9.78 Å². The molecule has 1 aliphatic carbocycles. The summed E-state index contributed by atoms with van der Waals surface area (Å²) in [4.78, 5) is 11.2. The van der Waals surface area contributed by atoms with E-state index in [9.17, 15) is 9.90 Å². The van der Waals surface area contributed by atoms with Crippen LogP contribution in [-0.4, -0.2) is 27.4 Å². The van der Waals surface area contributed by atoms with Gasteiger partial charge in [0.1, 0.15) is 11.4 Å². The third-order valence-corrected chi connectivity index (χ3v) is 4.01. The van der Waals surface area contributed by atoms with Crippen LogP contribution in [0.1, 0.15) is 54.6 Å². The number of carbonyl (C=O) groups is 1. The number of aromatic nitrogens is 2. The second kappa shape index (κ2) is 6.08. The Hall–Kier alpha value is -1.52. The van der Waals surface area contributed by atoms with Crippen LogP contribution in [0.2, 0.25) is 0 Å². The Morgan fingerprint density at radius 1 is 1.42 bits per heavy atom. The van der Waals surface area contributed by atoms with Gasteiger partial charge in [-0.3, -0.25) is 4.68 Å². The van der Waals surface area contributed by atoms with Gasteiger partial charge in [0.05, 0.1) is 5.69 Å². The molecule has 0 radical (unpaired) electrons. The largest absolute Gasteiger partial charge is 0.477 e. The first-order valence-electron chi connectivity index (χ1n) is 7.10. The van der Waals surface area contributed by atoms with E-state index in [2.05, 4.69) is 10.4 Å². The molecule has 5 nitrogen and oxygen atoms in total. The van der Waals surface area contributed by atoms with E-state index in [4.69, 9.17) is 0 Å². The average Bonchev–Trinajstić information content (AvgIpc) is 2.65.